The minimum atomic E-state index is 0.645. The number of hydrogen-bond acceptors (Lipinski definition) is 2. The third-order valence-electron chi connectivity index (χ3n) is 2.93. The smallest absolute Gasteiger partial charge is 0.0412 e. The van der Waals surface area contributed by atoms with Crippen molar-refractivity contribution in [3.05, 3.63) is 0 Å². The van der Waals surface area contributed by atoms with Crippen LogP contribution < -0.4 is 5.84 Å². The van der Waals surface area contributed by atoms with Gasteiger partial charge >= 0.3 is 0 Å². The number of nitrogens with two attached hydrogens (primary N) is 1. The van der Waals surface area contributed by atoms with Crippen molar-refractivity contribution >= 4 is 5.71 Å². The summed E-state index contributed by atoms with van der Waals surface area (Å²) in [6.45, 7) is 6.79. The largest absolute Gasteiger partial charge is 0.323 e. The third-order valence-corrected chi connectivity index (χ3v) is 2.93. The summed E-state index contributed by atoms with van der Waals surface area (Å²) in [5, 5.41) is 3.92. The van der Waals surface area contributed by atoms with E-state index >= 15 is 0 Å². The molecule has 0 radical (unpaired) electrons. The van der Waals surface area contributed by atoms with E-state index in [4.69, 9.17) is 5.84 Å². The average Bonchev–Trinajstić information content (AvgIpc) is 2.03. The van der Waals surface area contributed by atoms with E-state index in [1.165, 1.54) is 18.6 Å². The molecule has 12 heavy (non-hydrogen) atoms. The molecule has 70 valence electrons. The van der Waals surface area contributed by atoms with Crippen molar-refractivity contribution in [3.8, 4) is 0 Å². The first-order chi connectivity index (χ1) is 5.65. The molecule has 0 aromatic heterocycles. The Morgan fingerprint density at radius 3 is 2.58 bits per heavy atom. The zero-order chi connectivity index (χ0) is 9.14. The van der Waals surface area contributed by atoms with Gasteiger partial charge in [0.15, 0.2) is 0 Å². The molecule has 0 heterocycles. The van der Waals surface area contributed by atoms with Crippen molar-refractivity contribution in [2.75, 3.05) is 0 Å². The molecule has 0 amide bonds. The molecular formula is C10H20N2. The monoisotopic (exact) mass is 168 g/mol. The summed E-state index contributed by atoms with van der Waals surface area (Å²) in [7, 11) is 0. The molecule has 1 aliphatic rings. The second-order valence-corrected chi connectivity index (χ2v) is 4.36. The first kappa shape index (κ1) is 9.56. The van der Waals surface area contributed by atoms with Crippen molar-refractivity contribution in [1.82, 2.24) is 0 Å². The van der Waals surface area contributed by atoms with E-state index in [9.17, 15) is 0 Å². The molecule has 2 heteroatoms. The topological polar surface area (TPSA) is 38.4 Å². The van der Waals surface area contributed by atoms with Gasteiger partial charge in [-0.1, -0.05) is 20.8 Å². The molecule has 1 aliphatic carbocycles. The van der Waals surface area contributed by atoms with Gasteiger partial charge in [0, 0.05) is 11.6 Å². The quantitative estimate of drug-likeness (QED) is 0.474. The lowest BCUT2D eigenvalue weighted by Crippen LogP contribution is -2.28. The van der Waals surface area contributed by atoms with Gasteiger partial charge in [-0.3, -0.25) is 0 Å². The molecule has 0 aromatic carbocycles. The summed E-state index contributed by atoms with van der Waals surface area (Å²) in [6, 6.07) is 0. The predicted octanol–water partition coefficient (Wildman–Crippen LogP) is 2.39. The zero-order valence-electron chi connectivity index (χ0n) is 8.38. The van der Waals surface area contributed by atoms with Crippen LogP contribution in [-0.4, -0.2) is 5.71 Å². The zero-order valence-corrected chi connectivity index (χ0v) is 8.38. The molecule has 1 fully saturated rings. The van der Waals surface area contributed by atoms with Gasteiger partial charge in [-0.05, 0) is 31.1 Å². The van der Waals surface area contributed by atoms with Gasteiger partial charge in [0.2, 0.25) is 0 Å². The van der Waals surface area contributed by atoms with Gasteiger partial charge in [0.1, 0.15) is 0 Å². The van der Waals surface area contributed by atoms with Crippen LogP contribution in [0.25, 0.3) is 0 Å². The summed E-state index contributed by atoms with van der Waals surface area (Å²) >= 11 is 0. The molecule has 1 rings (SSSR count). The lowest BCUT2D eigenvalue weighted by Gasteiger charge is -2.30. The Labute approximate surface area is 75.2 Å². The van der Waals surface area contributed by atoms with E-state index in [0.717, 1.165) is 12.3 Å². The van der Waals surface area contributed by atoms with E-state index in [1.54, 1.807) is 0 Å². The maximum atomic E-state index is 5.38. The van der Waals surface area contributed by atoms with Crippen LogP contribution in [0.5, 0.6) is 0 Å². The van der Waals surface area contributed by atoms with E-state index in [1.807, 2.05) is 0 Å². The number of hydrazone groups is 1. The summed E-state index contributed by atoms with van der Waals surface area (Å²) in [5.41, 5.74) is 1.24. The Hall–Kier alpha value is -0.530. The molecule has 1 saturated carbocycles. The molecule has 0 saturated heterocycles. The van der Waals surface area contributed by atoms with Gasteiger partial charge in [-0.2, -0.15) is 5.10 Å². The number of hydrogen-bond donors (Lipinski definition) is 1. The van der Waals surface area contributed by atoms with Crippen LogP contribution in [0.1, 0.15) is 40.0 Å². The molecule has 0 unspecified atom stereocenters. The Bertz CT molecular complexity index is 173. The molecule has 0 aliphatic heterocycles. The van der Waals surface area contributed by atoms with Crippen LogP contribution in [0, 0.1) is 17.8 Å². The molecule has 0 aromatic rings. The van der Waals surface area contributed by atoms with Gasteiger partial charge in [-0.25, -0.2) is 0 Å². The second kappa shape index (κ2) is 3.92. The maximum Gasteiger partial charge on any atom is 0.0412 e. The fraction of sp³-hybridized carbons (Fsp3) is 0.900. The minimum absolute atomic E-state index is 0.645. The molecule has 2 N–H and O–H groups in total. The number of rotatable bonds is 1. The molecular weight excluding hydrogens is 148 g/mol. The van der Waals surface area contributed by atoms with Crippen LogP contribution in [0.2, 0.25) is 0 Å². The molecule has 0 bridgehead atoms. The Morgan fingerprint density at radius 1 is 1.42 bits per heavy atom. The summed E-state index contributed by atoms with van der Waals surface area (Å²) in [4.78, 5) is 0. The highest BCUT2D eigenvalue weighted by Crippen LogP contribution is 2.30. The molecule has 0 spiro atoms. The van der Waals surface area contributed by atoms with E-state index in [2.05, 4.69) is 25.9 Å². The van der Waals surface area contributed by atoms with Crippen molar-refractivity contribution in [2.45, 2.75) is 40.0 Å². The maximum absolute atomic E-state index is 5.38. The van der Waals surface area contributed by atoms with Crippen LogP contribution in [0.3, 0.4) is 0 Å². The van der Waals surface area contributed by atoms with Crippen molar-refractivity contribution in [1.29, 1.82) is 0 Å². The second-order valence-electron chi connectivity index (χ2n) is 4.36. The van der Waals surface area contributed by atoms with E-state index < -0.39 is 0 Å². The fourth-order valence-corrected chi connectivity index (χ4v) is 2.11. The Balaban J connectivity index is 2.63. The molecule has 2 nitrogen and oxygen atoms in total. The van der Waals surface area contributed by atoms with Gasteiger partial charge in [-0.15, -0.1) is 0 Å². The summed E-state index contributed by atoms with van der Waals surface area (Å²) in [5.74, 6) is 7.50. The Kier molecular flexibility index (Phi) is 3.12. The number of nitrogens with zero attached hydrogens (tertiary/aromatic N) is 1. The lowest BCUT2D eigenvalue weighted by molar-refractivity contribution is 0.364. The SMILES string of the molecule is CC(C)[C@H]1CC[C@H](C)C/C1=N\N. The van der Waals surface area contributed by atoms with Crippen LogP contribution >= 0.6 is 0 Å². The van der Waals surface area contributed by atoms with E-state index in [0.29, 0.717) is 11.8 Å². The van der Waals surface area contributed by atoms with Crippen molar-refractivity contribution in [3.63, 3.8) is 0 Å². The highest BCUT2D eigenvalue weighted by atomic mass is 15.1. The standard InChI is InChI=1S/C10H20N2/c1-7(2)9-5-4-8(3)6-10(9)12-11/h7-9H,4-6,11H2,1-3H3/b12-10+/t8-,9+/m0/s1. The summed E-state index contributed by atoms with van der Waals surface area (Å²) < 4.78 is 0. The normalized spacial score (nSPS) is 34.5. The lowest BCUT2D eigenvalue weighted by atomic mass is 9.76. The first-order valence-corrected chi connectivity index (χ1v) is 4.91. The Morgan fingerprint density at radius 2 is 2.08 bits per heavy atom. The summed E-state index contributed by atoms with van der Waals surface area (Å²) in [6.07, 6.45) is 3.72. The molecule has 2 atom stereocenters. The highest BCUT2D eigenvalue weighted by Gasteiger charge is 2.26. The van der Waals surface area contributed by atoms with Crippen LogP contribution in [0.15, 0.2) is 5.10 Å². The van der Waals surface area contributed by atoms with Gasteiger partial charge in [0.05, 0.1) is 0 Å². The van der Waals surface area contributed by atoms with Crippen molar-refractivity contribution in [2.24, 2.45) is 28.7 Å². The van der Waals surface area contributed by atoms with Crippen LogP contribution in [0.4, 0.5) is 0 Å². The van der Waals surface area contributed by atoms with Crippen molar-refractivity contribution < 1.29 is 0 Å². The predicted molar refractivity (Wildman–Crippen MR) is 53.0 cm³/mol. The van der Waals surface area contributed by atoms with Gasteiger partial charge < -0.3 is 5.84 Å². The highest BCUT2D eigenvalue weighted by molar-refractivity contribution is 5.87. The van der Waals surface area contributed by atoms with Gasteiger partial charge in [0.25, 0.3) is 0 Å². The third kappa shape index (κ3) is 1.99. The fourth-order valence-electron chi connectivity index (χ4n) is 2.11. The van der Waals surface area contributed by atoms with E-state index in [-0.39, 0.29) is 0 Å². The minimum Gasteiger partial charge on any atom is -0.323 e. The van der Waals surface area contributed by atoms with Crippen LogP contribution in [-0.2, 0) is 0 Å². The average molecular weight is 168 g/mol. The first-order valence-electron chi connectivity index (χ1n) is 4.91.